The first-order valence-corrected chi connectivity index (χ1v) is 11.5. The molecule has 174 valence electrons. The molecule has 3 aliphatic carbocycles. The molecule has 0 aliphatic heterocycles. The molecule has 2 aromatic carbocycles. The number of phenolic OH excluding ortho intramolecular Hbond substituents is 1. The van der Waals surface area contributed by atoms with E-state index < -0.39 is 6.61 Å². The number of hydrogen-bond acceptors (Lipinski definition) is 4. The first kappa shape index (κ1) is 21.9. The summed E-state index contributed by atoms with van der Waals surface area (Å²) >= 11 is 0. The lowest BCUT2D eigenvalue weighted by molar-refractivity contribution is -0.127. The minimum atomic E-state index is -2.93. The molecule has 0 radical (unpaired) electrons. The van der Waals surface area contributed by atoms with Crippen LogP contribution in [0.3, 0.4) is 0 Å². The van der Waals surface area contributed by atoms with E-state index in [0.29, 0.717) is 17.6 Å². The third-order valence-electron chi connectivity index (χ3n) is 8.09. The van der Waals surface area contributed by atoms with Crippen LogP contribution < -0.4 is 9.47 Å². The number of fused-ring (bicyclic) bond motifs is 5. The number of alkyl halides is 2. The Balaban J connectivity index is 1.44. The molecule has 6 heteroatoms. The first-order valence-electron chi connectivity index (χ1n) is 11.5. The van der Waals surface area contributed by atoms with Gasteiger partial charge in [-0.05, 0) is 102 Å². The van der Waals surface area contributed by atoms with E-state index in [0.717, 1.165) is 43.2 Å². The molecule has 0 saturated heterocycles. The number of phenols is 1. The van der Waals surface area contributed by atoms with Crippen molar-refractivity contribution < 1.29 is 28.2 Å². The van der Waals surface area contributed by atoms with Gasteiger partial charge in [-0.2, -0.15) is 8.78 Å². The third-order valence-corrected chi connectivity index (χ3v) is 8.09. The van der Waals surface area contributed by atoms with Gasteiger partial charge in [-0.3, -0.25) is 4.79 Å². The zero-order valence-corrected chi connectivity index (χ0v) is 18.8. The lowest BCUT2D eigenvalue weighted by Crippen LogP contribution is -2.42. The fourth-order valence-electron chi connectivity index (χ4n) is 6.54. The topological polar surface area (TPSA) is 55.8 Å². The number of ketones is 1. The Labute approximate surface area is 192 Å². The smallest absolute Gasteiger partial charge is 0.387 e. The van der Waals surface area contributed by atoms with Crippen LogP contribution >= 0.6 is 0 Å². The molecule has 4 atom stereocenters. The van der Waals surface area contributed by atoms with Gasteiger partial charge in [0.25, 0.3) is 0 Å². The average molecular weight is 455 g/mol. The van der Waals surface area contributed by atoms with Gasteiger partial charge in [0.05, 0.1) is 7.11 Å². The molecular weight excluding hydrogens is 426 g/mol. The number of rotatable bonds is 4. The van der Waals surface area contributed by atoms with Crippen LogP contribution in [0.5, 0.6) is 17.2 Å². The van der Waals surface area contributed by atoms with Crippen LogP contribution in [0.2, 0.25) is 0 Å². The van der Waals surface area contributed by atoms with Crippen molar-refractivity contribution in [1.82, 2.24) is 0 Å². The number of allylic oxidation sites excluding steroid dienone is 1. The number of aromatic hydroxyl groups is 1. The molecule has 2 fully saturated rings. The summed E-state index contributed by atoms with van der Waals surface area (Å²) in [6.07, 6.45) is 6.37. The van der Waals surface area contributed by atoms with Gasteiger partial charge in [-0.15, -0.1) is 0 Å². The maximum Gasteiger partial charge on any atom is 0.387 e. The predicted molar refractivity (Wildman–Crippen MR) is 121 cm³/mol. The highest BCUT2D eigenvalue weighted by atomic mass is 19.3. The van der Waals surface area contributed by atoms with Gasteiger partial charge in [0, 0.05) is 5.41 Å². The van der Waals surface area contributed by atoms with Gasteiger partial charge >= 0.3 is 6.61 Å². The number of methoxy groups -OCH3 is 1. The molecular formula is C27H28F2O4. The van der Waals surface area contributed by atoms with Crippen molar-refractivity contribution in [3.05, 3.63) is 58.7 Å². The number of halogens is 2. The number of carbonyl (C=O) groups excluding carboxylic acids is 1. The predicted octanol–water partition coefficient (Wildman–Crippen LogP) is 6.12. The highest BCUT2D eigenvalue weighted by Gasteiger charge is 2.56. The summed E-state index contributed by atoms with van der Waals surface area (Å²) < 4.78 is 35.0. The van der Waals surface area contributed by atoms with Crippen LogP contribution in [-0.2, 0) is 11.2 Å². The first-order chi connectivity index (χ1) is 15.8. The van der Waals surface area contributed by atoms with E-state index in [4.69, 9.17) is 4.74 Å². The molecule has 2 saturated carbocycles. The molecule has 5 rings (SSSR count). The molecule has 1 N–H and O–H groups in total. The molecule has 0 heterocycles. The van der Waals surface area contributed by atoms with Crippen LogP contribution in [0, 0.1) is 17.3 Å². The van der Waals surface area contributed by atoms with Crippen LogP contribution in [0.25, 0.3) is 6.08 Å². The van der Waals surface area contributed by atoms with E-state index in [1.54, 1.807) is 18.2 Å². The summed E-state index contributed by atoms with van der Waals surface area (Å²) in [7, 11) is 1.40. The Morgan fingerprint density at radius 3 is 2.73 bits per heavy atom. The Kier molecular flexibility index (Phi) is 5.42. The Morgan fingerprint density at radius 2 is 1.97 bits per heavy atom. The number of hydrogen-bond donors (Lipinski definition) is 1. The molecule has 4 nitrogen and oxygen atoms in total. The third kappa shape index (κ3) is 3.69. The maximum atomic E-state index is 13.5. The molecule has 0 aromatic heterocycles. The number of aryl methyl sites for hydroxylation is 1. The van der Waals surface area contributed by atoms with Crippen molar-refractivity contribution >= 4 is 11.9 Å². The zero-order valence-electron chi connectivity index (χ0n) is 18.8. The summed E-state index contributed by atoms with van der Waals surface area (Å²) in [6, 6.07) is 10.5. The van der Waals surface area contributed by atoms with E-state index >= 15 is 0 Å². The number of ether oxygens (including phenoxy) is 2. The van der Waals surface area contributed by atoms with E-state index in [-0.39, 0.29) is 28.6 Å². The molecule has 2 aromatic rings. The van der Waals surface area contributed by atoms with Crippen LogP contribution in [-0.4, -0.2) is 24.6 Å². The number of carbonyl (C=O) groups is 1. The van der Waals surface area contributed by atoms with Crippen LogP contribution in [0.1, 0.15) is 55.2 Å². The zero-order chi connectivity index (χ0) is 23.3. The highest BCUT2D eigenvalue weighted by molar-refractivity contribution is 6.06. The molecule has 33 heavy (non-hydrogen) atoms. The summed E-state index contributed by atoms with van der Waals surface area (Å²) in [4.78, 5) is 13.5. The lowest BCUT2D eigenvalue weighted by atomic mass is 9.55. The molecule has 0 bridgehead atoms. The van der Waals surface area contributed by atoms with Crippen molar-refractivity contribution in [2.45, 2.75) is 51.6 Å². The minimum Gasteiger partial charge on any atom is -0.508 e. The Bertz CT molecular complexity index is 1130. The monoisotopic (exact) mass is 454 g/mol. The molecule has 0 spiro atoms. The second-order valence-electron chi connectivity index (χ2n) is 9.75. The van der Waals surface area contributed by atoms with Gasteiger partial charge in [0.15, 0.2) is 17.3 Å². The van der Waals surface area contributed by atoms with Gasteiger partial charge in [0.2, 0.25) is 0 Å². The van der Waals surface area contributed by atoms with E-state index in [1.807, 2.05) is 12.1 Å². The van der Waals surface area contributed by atoms with Crippen LogP contribution in [0.15, 0.2) is 42.0 Å². The normalized spacial score (nSPS) is 29.5. The Hall–Kier alpha value is -2.89. The summed E-state index contributed by atoms with van der Waals surface area (Å²) in [5.74, 6) is 1.84. The largest absolute Gasteiger partial charge is 0.508 e. The standard InChI is InChI=1S/C27H28F2O4/c1-27-10-9-20-19-7-5-18(30)13-16(19)4-6-21(20)22(27)14-17(25(27)31)11-15-3-8-23(33-26(28)29)24(12-15)32-2/h3,5,7-8,11-13,20-22,26,30H,4,6,9-10,14H2,1-2H3/b17-11-. The molecule has 4 unspecified atom stereocenters. The van der Waals surface area contributed by atoms with E-state index in [2.05, 4.69) is 17.7 Å². The average Bonchev–Trinajstić information content (AvgIpc) is 3.04. The molecule has 0 amide bonds. The summed E-state index contributed by atoms with van der Waals surface area (Å²) in [6.45, 7) is -0.816. The highest BCUT2D eigenvalue weighted by Crippen LogP contribution is 2.61. The van der Waals surface area contributed by atoms with Crippen molar-refractivity contribution in [1.29, 1.82) is 0 Å². The maximum absolute atomic E-state index is 13.5. The fraction of sp³-hybridized carbons (Fsp3) is 0.444. The van der Waals surface area contributed by atoms with Crippen molar-refractivity contribution in [2.75, 3.05) is 7.11 Å². The van der Waals surface area contributed by atoms with Gasteiger partial charge < -0.3 is 14.6 Å². The lowest BCUT2D eigenvalue weighted by Gasteiger charge is -2.48. The summed E-state index contributed by atoms with van der Waals surface area (Å²) in [5, 5.41) is 9.88. The van der Waals surface area contributed by atoms with Gasteiger partial charge in [0.1, 0.15) is 5.75 Å². The van der Waals surface area contributed by atoms with Gasteiger partial charge in [-0.1, -0.05) is 19.1 Å². The SMILES string of the molecule is COc1cc(/C=C2/CC3C4CCc5cc(O)ccc5C4CCC3(C)C2=O)ccc1OC(F)F. The van der Waals surface area contributed by atoms with E-state index in [1.165, 1.54) is 24.3 Å². The van der Waals surface area contributed by atoms with Crippen molar-refractivity contribution in [3.8, 4) is 17.2 Å². The second-order valence-corrected chi connectivity index (χ2v) is 9.75. The number of Topliss-reactive ketones (excluding diaryl/α,β-unsaturated/α-hetero) is 1. The van der Waals surface area contributed by atoms with Gasteiger partial charge in [-0.25, -0.2) is 0 Å². The fourth-order valence-corrected chi connectivity index (χ4v) is 6.54. The second kappa shape index (κ2) is 8.15. The van der Waals surface area contributed by atoms with Crippen molar-refractivity contribution in [2.24, 2.45) is 17.3 Å². The quantitative estimate of drug-likeness (QED) is 0.566. The summed E-state index contributed by atoms with van der Waals surface area (Å²) in [5.41, 5.74) is 3.72. The van der Waals surface area contributed by atoms with Crippen LogP contribution in [0.4, 0.5) is 8.78 Å². The number of benzene rings is 2. The van der Waals surface area contributed by atoms with E-state index in [9.17, 15) is 18.7 Å². The Morgan fingerprint density at radius 1 is 1.15 bits per heavy atom. The minimum absolute atomic E-state index is 0.0252. The van der Waals surface area contributed by atoms with Crippen molar-refractivity contribution in [3.63, 3.8) is 0 Å². The molecule has 3 aliphatic rings.